The number of alkyl halides is 2. The maximum atomic E-state index is 12.9. The zero-order chi connectivity index (χ0) is 17.1. The first kappa shape index (κ1) is 15.0. The second-order valence-electron chi connectivity index (χ2n) is 7.02. The summed E-state index contributed by atoms with van der Waals surface area (Å²) in [7, 11) is 0. The predicted molar refractivity (Wildman–Crippen MR) is 91.4 cm³/mol. The molecule has 128 valence electrons. The van der Waals surface area contributed by atoms with Crippen molar-refractivity contribution in [1.82, 2.24) is 10.3 Å². The quantitative estimate of drug-likeness (QED) is 0.668. The van der Waals surface area contributed by atoms with E-state index in [1.54, 1.807) is 6.07 Å². The average Bonchev–Trinajstić information content (AvgIpc) is 3.54. The Kier molecular flexibility index (Phi) is 3.09. The summed E-state index contributed by atoms with van der Waals surface area (Å²) >= 11 is 0. The fourth-order valence-electron chi connectivity index (χ4n) is 3.62. The molecule has 1 saturated heterocycles. The van der Waals surface area contributed by atoms with Crippen LogP contribution in [0.3, 0.4) is 0 Å². The van der Waals surface area contributed by atoms with Crippen LogP contribution in [0.1, 0.15) is 36.1 Å². The summed E-state index contributed by atoms with van der Waals surface area (Å²) in [6.07, 6.45) is -0.330. The number of aromatic nitrogens is 1. The van der Waals surface area contributed by atoms with Crippen molar-refractivity contribution < 1.29 is 13.5 Å². The summed E-state index contributed by atoms with van der Waals surface area (Å²) in [5, 5.41) is 4.60. The molecule has 3 aromatic rings. The van der Waals surface area contributed by atoms with Gasteiger partial charge in [0, 0.05) is 16.6 Å². The number of hydrogen-bond donors (Lipinski definition) is 2. The van der Waals surface area contributed by atoms with Crippen molar-refractivity contribution in [1.29, 1.82) is 0 Å². The molecule has 2 aliphatic rings. The van der Waals surface area contributed by atoms with Crippen LogP contribution in [0.15, 0.2) is 54.6 Å². The van der Waals surface area contributed by atoms with E-state index in [2.05, 4.69) is 22.4 Å². The van der Waals surface area contributed by atoms with Gasteiger partial charge in [-0.15, -0.1) is 0 Å². The Morgan fingerprint density at radius 2 is 1.80 bits per heavy atom. The minimum Gasteiger partial charge on any atom is -0.355 e. The lowest BCUT2D eigenvalue weighted by atomic mass is 10.0. The summed E-state index contributed by atoms with van der Waals surface area (Å²) in [5.41, 5.74) is 2.31. The highest BCUT2D eigenvalue weighted by atomic mass is 19.3. The van der Waals surface area contributed by atoms with Gasteiger partial charge in [-0.25, -0.2) is 8.78 Å². The van der Waals surface area contributed by atoms with Crippen LogP contribution in [0.2, 0.25) is 0 Å². The third-order valence-electron chi connectivity index (χ3n) is 5.28. The number of nitrogens with one attached hydrogen (secondary N) is 2. The van der Waals surface area contributed by atoms with Gasteiger partial charge in [0.15, 0.2) is 5.72 Å². The van der Waals surface area contributed by atoms with Crippen LogP contribution in [0, 0.1) is 0 Å². The highest BCUT2D eigenvalue weighted by Crippen LogP contribution is 2.51. The molecule has 5 rings (SSSR count). The maximum Gasteiger partial charge on any atom is 0.263 e. The summed E-state index contributed by atoms with van der Waals surface area (Å²) in [6.45, 7) is 0.579. The molecule has 25 heavy (non-hydrogen) atoms. The van der Waals surface area contributed by atoms with E-state index >= 15 is 0 Å². The van der Waals surface area contributed by atoms with Gasteiger partial charge in [-0.3, -0.25) is 5.32 Å². The molecule has 0 amide bonds. The second-order valence-corrected chi connectivity index (χ2v) is 7.02. The van der Waals surface area contributed by atoms with Gasteiger partial charge in [-0.1, -0.05) is 42.5 Å². The number of epoxide rings is 1. The summed E-state index contributed by atoms with van der Waals surface area (Å²) in [6, 6.07) is 17.1. The Hall–Kier alpha value is -2.24. The lowest BCUT2D eigenvalue weighted by molar-refractivity contribution is 0.151. The second kappa shape index (κ2) is 5.13. The number of H-pyrrole nitrogens is 1. The van der Waals surface area contributed by atoms with Crippen molar-refractivity contribution in [2.24, 2.45) is 0 Å². The van der Waals surface area contributed by atoms with Crippen LogP contribution < -0.4 is 5.32 Å². The number of aromatic amines is 1. The number of benzene rings is 2. The van der Waals surface area contributed by atoms with E-state index in [0.717, 1.165) is 23.9 Å². The Bertz CT molecular complexity index is 927. The largest absolute Gasteiger partial charge is 0.355 e. The van der Waals surface area contributed by atoms with Crippen molar-refractivity contribution >= 4 is 10.9 Å². The van der Waals surface area contributed by atoms with Gasteiger partial charge < -0.3 is 9.72 Å². The highest BCUT2D eigenvalue weighted by Gasteiger charge is 2.57. The Labute approximate surface area is 144 Å². The van der Waals surface area contributed by atoms with E-state index in [0.29, 0.717) is 12.1 Å². The third-order valence-corrected chi connectivity index (χ3v) is 5.28. The standard InChI is InChI=1S/C20H18F2N2O/c21-18(22)14-7-6-13-11-17(23-16(13)10-14)20(12-25-20)24-19(8-9-19)15-4-2-1-3-5-15/h1-7,10-11,18,23-24H,8-9,12H2. The van der Waals surface area contributed by atoms with E-state index in [4.69, 9.17) is 4.74 Å². The van der Waals surface area contributed by atoms with Crippen LogP contribution in [-0.4, -0.2) is 11.6 Å². The first-order valence-electron chi connectivity index (χ1n) is 8.50. The lowest BCUT2D eigenvalue weighted by Gasteiger charge is -2.23. The molecular weight excluding hydrogens is 322 g/mol. The number of rotatable bonds is 5. The summed E-state index contributed by atoms with van der Waals surface area (Å²) in [5.74, 6) is 0. The molecule has 2 aromatic carbocycles. The van der Waals surface area contributed by atoms with Crippen molar-refractivity contribution in [2.45, 2.75) is 30.5 Å². The number of ether oxygens (including phenoxy) is 1. The molecule has 0 radical (unpaired) electrons. The Morgan fingerprint density at radius 1 is 1.04 bits per heavy atom. The molecule has 1 aliphatic heterocycles. The molecule has 0 bridgehead atoms. The van der Waals surface area contributed by atoms with Crippen LogP contribution in [-0.2, 0) is 16.0 Å². The number of halogens is 2. The average molecular weight is 340 g/mol. The monoisotopic (exact) mass is 340 g/mol. The SMILES string of the molecule is FC(F)c1ccc2cc(C3(NC4(c5ccccc5)CC4)CO3)[nH]c2c1. The van der Waals surface area contributed by atoms with Crippen molar-refractivity contribution in [3.63, 3.8) is 0 Å². The first-order chi connectivity index (χ1) is 12.1. The van der Waals surface area contributed by atoms with Crippen LogP contribution >= 0.6 is 0 Å². The smallest absolute Gasteiger partial charge is 0.263 e. The number of hydrogen-bond acceptors (Lipinski definition) is 2. The van der Waals surface area contributed by atoms with E-state index in [1.165, 1.54) is 17.7 Å². The normalized spacial score (nSPS) is 24.0. The molecule has 2 fully saturated rings. The van der Waals surface area contributed by atoms with Crippen LogP contribution in [0.4, 0.5) is 8.78 Å². The molecule has 2 heterocycles. The molecule has 1 aliphatic carbocycles. The molecule has 0 spiro atoms. The minimum absolute atomic E-state index is 0.0302. The van der Waals surface area contributed by atoms with Crippen LogP contribution in [0.5, 0.6) is 0 Å². The summed E-state index contributed by atoms with van der Waals surface area (Å²) in [4.78, 5) is 3.27. The molecule has 1 saturated carbocycles. The zero-order valence-electron chi connectivity index (χ0n) is 13.6. The van der Waals surface area contributed by atoms with Gasteiger partial charge in [0.25, 0.3) is 6.43 Å². The Morgan fingerprint density at radius 3 is 2.44 bits per heavy atom. The van der Waals surface area contributed by atoms with E-state index in [-0.39, 0.29) is 11.1 Å². The van der Waals surface area contributed by atoms with Crippen molar-refractivity contribution in [3.05, 3.63) is 71.4 Å². The first-order valence-corrected chi connectivity index (χ1v) is 8.50. The van der Waals surface area contributed by atoms with Crippen molar-refractivity contribution in [2.75, 3.05) is 6.61 Å². The fraction of sp³-hybridized carbons (Fsp3) is 0.300. The minimum atomic E-state index is -2.46. The Balaban J connectivity index is 1.47. The molecule has 1 aromatic heterocycles. The summed E-state index contributed by atoms with van der Waals surface area (Å²) < 4.78 is 31.6. The van der Waals surface area contributed by atoms with E-state index in [1.807, 2.05) is 24.3 Å². The molecular formula is C20H18F2N2O. The van der Waals surface area contributed by atoms with Gasteiger partial charge in [0.2, 0.25) is 0 Å². The topological polar surface area (TPSA) is 40.3 Å². The highest BCUT2D eigenvalue weighted by molar-refractivity contribution is 5.81. The van der Waals surface area contributed by atoms with Gasteiger partial charge in [-0.05, 0) is 35.9 Å². The lowest BCUT2D eigenvalue weighted by Crippen LogP contribution is -2.39. The fourth-order valence-corrected chi connectivity index (χ4v) is 3.62. The maximum absolute atomic E-state index is 12.9. The molecule has 3 nitrogen and oxygen atoms in total. The molecule has 1 atom stereocenters. The van der Waals surface area contributed by atoms with E-state index in [9.17, 15) is 8.78 Å². The van der Waals surface area contributed by atoms with Gasteiger partial charge in [0.1, 0.15) is 0 Å². The van der Waals surface area contributed by atoms with E-state index < -0.39 is 12.2 Å². The zero-order valence-corrected chi connectivity index (χ0v) is 13.6. The number of fused-ring (bicyclic) bond motifs is 1. The molecule has 5 heteroatoms. The molecule has 1 unspecified atom stereocenters. The predicted octanol–water partition coefficient (Wildman–Crippen LogP) is 4.57. The van der Waals surface area contributed by atoms with Crippen LogP contribution in [0.25, 0.3) is 10.9 Å². The third kappa shape index (κ3) is 2.46. The van der Waals surface area contributed by atoms with Gasteiger partial charge in [-0.2, -0.15) is 0 Å². The van der Waals surface area contributed by atoms with Gasteiger partial charge >= 0.3 is 0 Å². The molecule has 2 N–H and O–H groups in total. The van der Waals surface area contributed by atoms with Crippen molar-refractivity contribution in [3.8, 4) is 0 Å². The van der Waals surface area contributed by atoms with Gasteiger partial charge in [0.05, 0.1) is 12.3 Å².